The quantitative estimate of drug-likeness (QED) is 0.164. The van der Waals surface area contributed by atoms with E-state index in [1.807, 2.05) is 24.3 Å². The molecule has 1 heterocycles. The second-order valence-corrected chi connectivity index (χ2v) is 11.0. The van der Waals surface area contributed by atoms with Crippen LogP contribution in [0.1, 0.15) is 11.3 Å². The molecule has 8 rings (SSSR count). The van der Waals surface area contributed by atoms with Crippen LogP contribution in [0, 0.1) is 5.41 Å². The normalized spacial score (nSPS) is 11.4. The third-order valence-electron chi connectivity index (χ3n) is 8.65. The molecule has 0 atom stereocenters. The van der Waals surface area contributed by atoms with Gasteiger partial charge in [0.05, 0.1) is 11.2 Å². The lowest BCUT2D eigenvalue weighted by Gasteiger charge is -2.18. The van der Waals surface area contributed by atoms with Crippen LogP contribution in [-0.2, 0) is 0 Å². The predicted octanol–water partition coefficient (Wildman–Crippen LogP) is 11.1. The molecule has 0 radical (unpaired) electrons. The van der Waals surface area contributed by atoms with Crippen molar-refractivity contribution in [2.75, 3.05) is 0 Å². The average Bonchev–Trinajstić information content (AvgIpc) is 3.40. The van der Waals surface area contributed by atoms with Crippen LogP contribution in [0.3, 0.4) is 0 Å². The van der Waals surface area contributed by atoms with E-state index in [1.54, 1.807) is 0 Å². The highest BCUT2D eigenvalue weighted by Gasteiger charge is 2.20. The number of benzene rings is 7. The fourth-order valence-electron chi connectivity index (χ4n) is 6.79. The molecular formula is C41H28N2. The van der Waals surface area contributed by atoms with Gasteiger partial charge >= 0.3 is 0 Å². The second-order valence-electron chi connectivity index (χ2n) is 11.0. The molecule has 0 fully saturated rings. The summed E-state index contributed by atoms with van der Waals surface area (Å²) in [6, 6.07) is 49.9. The smallest absolute Gasteiger partial charge is 0.0550 e. The van der Waals surface area contributed by atoms with Gasteiger partial charge in [-0.2, -0.15) is 0 Å². The van der Waals surface area contributed by atoms with Crippen molar-refractivity contribution in [1.82, 2.24) is 4.57 Å². The van der Waals surface area contributed by atoms with E-state index in [2.05, 4.69) is 132 Å². The van der Waals surface area contributed by atoms with E-state index < -0.39 is 0 Å². The third-order valence-corrected chi connectivity index (χ3v) is 8.65. The van der Waals surface area contributed by atoms with Crippen LogP contribution < -0.4 is 0 Å². The van der Waals surface area contributed by atoms with E-state index in [1.165, 1.54) is 55.2 Å². The molecule has 2 heteroatoms. The first-order valence-electron chi connectivity index (χ1n) is 14.6. The fourth-order valence-corrected chi connectivity index (χ4v) is 6.79. The summed E-state index contributed by atoms with van der Waals surface area (Å²) < 4.78 is 2.20. The number of para-hydroxylation sites is 1. The number of fused-ring (bicyclic) bond motifs is 4. The van der Waals surface area contributed by atoms with Gasteiger partial charge in [0, 0.05) is 22.9 Å². The number of hydrogen-bond acceptors (Lipinski definition) is 1. The number of nitrogens with zero attached hydrogens (tertiary/aromatic N) is 1. The van der Waals surface area contributed by atoms with Crippen LogP contribution in [0.2, 0.25) is 0 Å². The molecule has 7 aromatic carbocycles. The largest absolute Gasteiger partial charge is 0.309 e. The first-order valence-corrected chi connectivity index (χ1v) is 14.6. The number of aromatic nitrogens is 1. The maximum absolute atomic E-state index is 8.38. The standard InChI is InChI=1S/C41H28N2/c1-2-38-37(26-42)36-25-30(22-23-39(36)43(38)31-14-4-3-5-15-31)41-34-18-10-8-16-32(34)40(33-17-9-11-19-35(33)41)29-21-20-27-12-6-7-13-28(27)24-29/h2-26,42H,1H2. The maximum Gasteiger partial charge on any atom is 0.0550 e. The Morgan fingerprint density at radius 2 is 1.05 bits per heavy atom. The minimum atomic E-state index is 0.872. The maximum atomic E-state index is 8.38. The highest BCUT2D eigenvalue weighted by molar-refractivity contribution is 6.22. The third kappa shape index (κ3) is 3.84. The highest BCUT2D eigenvalue weighted by atomic mass is 15.0. The molecule has 0 saturated carbocycles. The van der Waals surface area contributed by atoms with Crippen molar-refractivity contribution in [3.63, 3.8) is 0 Å². The van der Waals surface area contributed by atoms with E-state index in [-0.39, 0.29) is 0 Å². The summed E-state index contributed by atoms with van der Waals surface area (Å²) in [6.45, 7) is 4.12. The van der Waals surface area contributed by atoms with Gasteiger partial charge in [-0.25, -0.2) is 0 Å². The molecule has 0 saturated heterocycles. The predicted molar refractivity (Wildman–Crippen MR) is 185 cm³/mol. The molecule has 0 aliphatic carbocycles. The molecule has 2 nitrogen and oxygen atoms in total. The minimum absolute atomic E-state index is 0.872. The molecule has 0 bridgehead atoms. The summed E-state index contributed by atoms with van der Waals surface area (Å²) in [4.78, 5) is 0. The topological polar surface area (TPSA) is 28.8 Å². The van der Waals surface area contributed by atoms with Crippen molar-refractivity contribution < 1.29 is 0 Å². The van der Waals surface area contributed by atoms with E-state index in [0.717, 1.165) is 33.4 Å². The van der Waals surface area contributed by atoms with Crippen LogP contribution in [0.4, 0.5) is 0 Å². The van der Waals surface area contributed by atoms with Crippen LogP contribution in [0.5, 0.6) is 0 Å². The zero-order valence-corrected chi connectivity index (χ0v) is 23.6. The lowest BCUT2D eigenvalue weighted by atomic mass is 9.85. The van der Waals surface area contributed by atoms with Crippen LogP contribution in [0.15, 0.2) is 146 Å². The van der Waals surface area contributed by atoms with Crippen molar-refractivity contribution in [2.24, 2.45) is 0 Å². The molecule has 0 unspecified atom stereocenters. The van der Waals surface area contributed by atoms with E-state index in [4.69, 9.17) is 5.41 Å². The Morgan fingerprint density at radius 3 is 1.65 bits per heavy atom. The first kappa shape index (κ1) is 25.0. The monoisotopic (exact) mass is 548 g/mol. The van der Waals surface area contributed by atoms with Gasteiger partial charge in [-0.3, -0.25) is 0 Å². The Balaban J connectivity index is 1.45. The Kier molecular flexibility index (Phi) is 5.80. The van der Waals surface area contributed by atoms with Crippen LogP contribution in [0.25, 0.3) is 77.2 Å². The highest BCUT2D eigenvalue weighted by Crippen LogP contribution is 2.45. The Bertz CT molecular complexity index is 2320. The summed E-state index contributed by atoms with van der Waals surface area (Å²) in [6.07, 6.45) is 3.32. The lowest BCUT2D eigenvalue weighted by molar-refractivity contribution is 1.11. The second kappa shape index (κ2) is 9.97. The van der Waals surface area contributed by atoms with Gasteiger partial charge in [0.25, 0.3) is 0 Å². The number of hydrogen-bond donors (Lipinski definition) is 1. The summed E-state index contributed by atoms with van der Waals surface area (Å²) >= 11 is 0. The lowest BCUT2D eigenvalue weighted by Crippen LogP contribution is -1.97. The molecule has 0 spiro atoms. The van der Waals surface area contributed by atoms with E-state index >= 15 is 0 Å². The molecule has 1 N–H and O–H groups in total. The van der Waals surface area contributed by atoms with Gasteiger partial charge in [-0.15, -0.1) is 0 Å². The molecule has 0 amide bonds. The van der Waals surface area contributed by atoms with Gasteiger partial charge in [-0.05, 0) is 91.0 Å². The molecule has 0 aliphatic heterocycles. The number of nitrogens with one attached hydrogen (secondary N) is 1. The summed E-state index contributed by atoms with van der Waals surface area (Å²) in [5.41, 5.74) is 8.73. The first-order chi connectivity index (χ1) is 21.3. The molecule has 1 aromatic heterocycles. The zero-order chi connectivity index (χ0) is 28.9. The van der Waals surface area contributed by atoms with Crippen molar-refractivity contribution in [3.05, 3.63) is 157 Å². The molecule has 8 aromatic rings. The van der Waals surface area contributed by atoms with Gasteiger partial charge in [0.1, 0.15) is 0 Å². The van der Waals surface area contributed by atoms with E-state index in [9.17, 15) is 0 Å². The molecule has 43 heavy (non-hydrogen) atoms. The average molecular weight is 549 g/mol. The number of rotatable bonds is 5. The van der Waals surface area contributed by atoms with E-state index in [0.29, 0.717) is 0 Å². The SMILES string of the molecule is C=Cc1c(C=N)c2cc(-c3c4ccccc4c(-c4ccc5ccccc5c4)c4ccccc34)ccc2n1-c1ccccc1. The Labute approximate surface area is 250 Å². The van der Waals surface area contributed by atoms with Crippen molar-refractivity contribution in [2.45, 2.75) is 0 Å². The van der Waals surface area contributed by atoms with Gasteiger partial charge in [-0.1, -0.05) is 116 Å². The van der Waals surface area contributed by atoms with Crippen molar-refractivity contribution in [3.8, 4) is 27.9 Å². The van der Waals surface area contributed by atoms with Gasteiger partial charge < -0.3 is 9.98 Å². The van der Waals surface area contributed by atoms with Crippen LogP contribution >= 0.6 is 0 Å². The molecule has 0 aliphatic rings. The van der Waals surface area contributed by atoms with Crippen molar-refractivity contribution >= 4 is 55.5 Å². The molecule has 202 valence electrons. The Hall–Kier alpha value is -5.73. The van der Waals surface area contributed by atoms with Gasteiger partial charge in [0.15, 0.2) is 0 Å². The van der Waals surface area contributed by atoms with Crippen molar-refractivity contribution in [1.29, 1.82) is 5.41 Å². The molecular weight excluding hydrogens is 520 g/mol. The zero-order valence-electron chi connectivity index (χ0n) is 23.6. The summed E-state index contributed by atoms with van der Waals surface area (Å²) in [5.74, 6) is 0. The minimum Gasteiger partial charge on any atom is -0.309 e. The fraction of sp³-hybridized carbons (Fsp3) is 0. The summed E-state index contributed by atoms with van der Waals surface area (Å²) in [5, 5.41) is 16.8. The Morgan fingerprint density at radius 1 is 0.512 bits per heavy atom. The van der Waals surface area contributed by atoms with Gasteiger partial charge in [0.2, 0.25) is 0 Å². The summed E-state index contributed by atoms with van der Waals surface area (Å²) in [7, 11) is 0. The van der Waals surface area contributed by atoms with Crippen LogP contribution in [-0.4, -0.2) is 10.8 Å².